The van der Waals surface area contributed by atoms with Gasteiger partial charge in [0.2, 0.25) is 0 Å². The van der Waals surface area contributed by atoms with E-state index >= 15 is 0 Å². The molecular formula is C21H24N4O2S. The summed E-state index contributed by atoms with van der Waals surface area (Å²) in [5.74, 6) is 2.54. The Bertz CT molecular complexity index is 1040. The van der Waals surface area contributed by atoms with Gasteiger partial charge in [-0.15, -0.1) is 11.3 Å². The summed E-state index contributed by atoms with van der Waals surface area (Å²) in [6, 6.07) is 7.34. The van der Waals surface area contributed by atoms with Crippen molar-refractivity contribution in [1.29, 1.82) is 0 Å². The van der Waals surface area contributed by atoms with Gasteiger partial charge in [-0.05, 0) is 44.5 Å². The largest absolute Gasteiger partial charge is 0.497 e. The van der Waals surface area contributed by atoms with Crippen molar-refractivity contribution < 1.29 is 9.53 Å². The van der Waals surface area contributed by atoms with Crippen molar-refractivity contribution in [2.75, 3.05) is 38.2 Å². The molecule has 0 atom stereocenters. The highest BCUT2D eigenvalue weighted by atomic mass is 32.1. The molecule has 1 aliphatic heterocycles. The third kappa shape index (κ3) is 3.30. The number of aromatic nitrogens is 2. The number of rotatable bonds is 3. The van der Waals surface area contributed by atoms with Crippen LogP contribution in [0.15, 0.2) is 24.3 Å². The number of fused-ring (bicyclic) bond motifs is 1. The van der Waals surface area contributed by atoms with Crippen molar-refractivity contribution in [2.45, 2.75) is 20.8 Å². The molecule has 3 heterocycles. The number of piperazine rings is 1. The van der Waals surface area contributed by atoms with Gasteiger partial charge in [0.05, 0.1) is 12.5 Å². The smallest absolute Gasteiger partial charge is 0.254 e. The molecule has 0 aliphatic carbocycles. The summed E-state index contributed by atoms with van der Waals surface area (Å²) >= 11 is 1.72. The Morgan fingerprint density at radius 2 is 1.86 bits per heavy atom. The number of nitrogens with zero attached hydrogens (tertiary/aromatic N) is 4. The fourth-order valence-electron chi connectivity index (χ4n) is 3.62. The van der Waals surface area contributed by atoms with E-state index in [2.05, 4.69) is 23.7 Å². The zero-order valence-corrected chi connectivity index (χ0v) is 17.5. The van der Waals surface area contributed by atoms with E-state index in [0.29, 0.717) is 24.4 Å². The summed E-state index contributed by atoms with van der Waals surface area (Å²) in [6.45, 7) is 9.07. The number of methoxy groups -OCH3 is 1. The molecule has 7 heteroatoms. The minimum Gasteiger partial charge on any atom is -0.497 e. The third-order valence-corrected chi connectivity index (χ3v) is 6.41. The molecule has 0 saturated carbocycles. The van der Waals surface area contributed by atoms with Crippen molar-refractivity contribution in [3.8, 4) is 5.75 Å². The van der Waals surface area contributed by atoms with Crippen molar-refractivity contribution in [1.82, 2.24) is 14.9 Å². The van der Waals surface area contributed by atoms with Crippen LogP contribution in [0.1, 0.15) is 26.6 Å². The second-order valence-corrected chi connectivity index (χ2v) is 8.27. The fourth-order valence-corrected chi connectivity index (χ4v) is 4.69. The first-order valence-corrected chi connectivity index (χ1v) is 10.2. The summed E-state index contributed by atoms with van der Waals surface area (Å²) in [7, 11) is 1.61. The van der Waals surface area contributed by atoms with Crippen LogP contribution < -0.4 is 9.64 Å². The number of amides is 1. The van der Waals surface area contributed by atoms with Gasteiger partial charge >= 0.3 is 0 Å². The number of aryl methyl sites for hydroxylation is 3. The van der Waals surface area contributed by atoms with Crippen LogP contribution in [-0.2, 0) is 0 Å². The van der Waals surface area contributed by atoms with E-state index in [-0.39, 0.29) is 5.91 Å². The molecular weight excluding hydrogens is 372 g/mol. The van der Waals surface area contributed by atoms with Crippen molar-refractivity contribution in [3.63, 3.8) is 0 Å². The van der Waals surface area contributed by atoms with E-state index in [4.69, 9.17) is 9.72 Å². The Kier molecular flexibility index (Phi) is 4.93. The molecule has 146 valence electrons. The first-order chi connectivity index (χ1) is 13.5. The topological polar surface area (TPSA) is 58.6 Å². The van der Waals surface area contributed by atoms with Gasteiger partial charge in [-0.2, -0.15) is 0 Å². The second-order valence-electron chi connectivity index (χ2n) is 7.07. The van der Waals surface area contributed by atoms with Crippen LogP contribution in [0.5, 0.6) is 5.75 Å². The molecule has 0 spiro atoms. The SMILES string of the molecule is COc1cccc(C(=O)N2CCN(c3nc(C)nc4sc(C)c(C)c34)CC2)c1. The van der Waals surface area contributed by atoms with E-state index in [1.165, 1.54) is 10.4 Å². The molecule has 6 nitrogen and oxygen atoms in total. The summed E-state index contributed by atoms with van der Waals surface area (Å²) in [5.41, 5.74) is 1.92. The molecule has 1 fully saturated rings. The molecule has 1 aromatic carbocycles. The van der Waals surface area contributed by atoms with Gasteiger partial charge in [0.1, 0.15) is 22.2 Å². The minimum absolute atomic E-state index is 0.0464. The van der Waals surface area contributed by atoms with Crippen molar-refractivity contribution >= 4 is 33.3 Å². The number of carbonyl (C=O) groups is 1. The third-order valence-electron chi connectivity index (χ3n) is 5.30. The maximum absolute atomic E-state index is 12.9. The summed E-state index contributed by atoms with van der Waals surface area (Å²) < 4.78 is 5.24. The van der Waals surface area contributed by atoms with E-state index in [9.17, 15) is 4.79 Å². The van der Waals surface area contributed by atoms with Gasteiger partial charge in [0, 0.05) is 36.6 Å². The van der Waals surface area contributed by atoms with Gasteiger partial charge in [-0.25, -0.2) is 9.97 Å². The second kappa shape index (κ2) is 7.39. The number of carbonyl (C=O) groups excluding carboxylic acids is 1. The van der Waals surface area contributed by atoms with Crippen LogP contribution >= 0.6 is 11.3 Å². The summed E-state index contributed by atoms with van der Waals surface area (Å²) in [5, 5.41) is 1.15. The fraction of sp³-hybridized carbons (Fsp3) is 0.381. The van der Waals surface area contributed by atoms with Crippen molar-refractivity contribution in [3.05, 3.63) is 46.1 Å². The van der Waals surface area contributed by atoms with E-state index in [0.717, 1.165) is 34.9 Å². The van der Waals surface area contributed by atoms with Crippen LogP contribution in [0.2, 0.25) is 0 Å². The Balaban J connectivity index is 1.55. The number of hydrogen-bond acceptors (Lipinski definition) is 6. The predicted octanol–water partition coefficient (Wildman–Crippen LogP) is 3.59. The molecule has 28 heavy (non-hydrogen) atoms. The Hall–Kier alpha value is -2.67. The highest BCUT2D eigenvalue weighted by Crippen LogP contribution is 2.35. The first kappa shape index (κ1) is 18.7. The van der Waals surface area contributed by atoms with Crippen LogP contribution in [0.3, 0.4) is 0 Å². The van der Waals surface area contributed by atoms with E-state index < -0.39 is 0 Å². The van der Waals surface area contributed by atoms with Crippen LogP contribution in [0.25, 0.3) is 10.2 Å². The zero-order chi connectivity index (χ0) is 19.8. The van der Waals surface area contributed by atoms with E-state index in [1.54, 1.807) is 24.5 Å². The van der Waals surface area contributed by atoms with Crippen LogP contribution in [-0.4, -0.2) is 54.1 Å². The highest BCUT2D eigenvalue weighted by Gasteiger charge is 2.25. The molecule has 1 aliphatic rings. The number of hydrogen-bond donors (Lipinski definition) is 0. The van der Waals surface area contributed by atoms with Gasteiger partial charge < -0.3 is 14.5 Å². The van der Waals surface area contributed by atoms with Crippen molar-refractivity contribution in [2.24, 2.45) is 0 Å². The Labute approximate surface area is 168 Å². The number of benzene rings is 1. The van der Waals surface area contributed by atoms with E-state index in [1.807, 2.05) is 30.0 Å². The molecule has 0 unspecified atom stereocenters. The molecule has 0 bridgehead atoms. The van der Waals surface area contributed by atoms with Crippen LogP contribution in [0.4, 0.5) is 5.82 Å². The standard InChI is InChI=1S/C21H24N4O2S/c1-13-14(2)28-20-18(13)19(22-15(3)23-20)24-8-10-25(11-9-24)21(26)16-6-5-7-17(12-16)27-4/h5-7,12H,8-11H2,1-4H3. The van der Waals surface area contributed by atoms with Gasteiger partial charge in [0.15, 0.2) is 0 Å². The zero-order valence-electron chi connectivity index (χ0n) is 16.7. The van der Waals surface area contributed by atoms with Gasteiger partial charge in [0.25, 0.3) is 5.91 Å². The molecule has 0 radical (unpaired) electrons. The predicted molar refractivity (Wildman–Crippen MR) is 113 cm³/mol. The lowest BCUT2D eigenvalue weighted by Gasteiger charge is -2.36. The van der Waals surface area contributed by atoms with Crippen LogP contribution in [0, 0.1) is 20.8 Å². The summed E-state index contributed by atoms with van der Waals surface area (Å²) in [6.07, 6.45) is 0. The molecule has 1 amide bonds. The molecule has 4 rings (SSSR count). The number of thiophene rings is 1. The quantitative estimate of drug-likeness (QED) is 0.677. The average Bonchev–Trinajstić information content (AvgIpc) is 3.00. The number of anilines is 1. The Morgan fingerprint density at radius 1 is 1.11 bits per heavy atom. The maximum Gasteiger partial charge on any atom is 0.254 e. The minimum atomic E-state index is 0.0464. The molecule has 1 saturated heterocycles. The number of ether oxygens (including phenoxy) is 1. The lowest BCUT2D eigenvalue weighted by molar-refractivity contribution is 0.0746. The molecule has 2 aromatic heterocycles. The monoisotopic (exact) mass is 396 g/mol. The molecule has 3 aromatic rings. The summed E-state index contributed by atoms with van der Waals surface area (Å²) in [4.78, 5) is 28.7. The van der Waals surface area contributed by atoms with Gasteiger partial charge in [-0.1, -0.05) is 6.07 Å². The normalized spacial score (nSPS) is 14.6. The lowest BCUT2D eigenvalue weighted by Crippen LogP contribution is -2.49. The Morgan fingerprint density at radius 3 is 2.57 bits per heavy atom. The highest BCUT2D eigenvalue weighted by molar-refractivity contribution is 7.18. The molecule has 0 N–H and O–H groups in total. The average molecular weight is 397 g/mol. The first-order valence-electron chi connectivity index (χ1n) is 9.40. The lowest BCUT2D eigenvalue weighted by atomic mass is 10.1. The maximum atomic E-state index is 12.9. The van der Waals surface area contributed by atoms with Gasteiger partial charge in [-0.3, -0.25) is 4.79 Å².